The molecule has 2 amide bonds. The van der Waals surface area contributed by atoms with Crippen molar-refractivity contribution in [2.75, 3.05) is 16.4 Å². The molecule has 40 heavy (non-hydrogen) atoms. The Morgan fingerprint density at radius 1 is 0.900 bits per heavy atom. The fourth-order valence-corrected chi connectivity index (χ4v) is 5.82. The van der Waals surface area contributed by atoms with E-state index in [1.54, 1.807) is 24.3 Å². The van der Waals surface area contributed by atoms with E-state index in [4.69, 9.17) is 5.11 Å². The Kier molecular flexibility index (Phi) is 9.53. The maximum atomic E-state index is 13.3. The summed E-state index contributed by atoms with van der Waals surface area (Å²) in [5.41, 5.74) is 0.356. The molecule has 4 aromatic rings. The summed E-state index contributed by atoms with van der Waals surface area (Å²) < 4.78 is 4.24. The first kappa shape index (κ1) is 28.8. The average Bonchev–Trinajstić information content (AvgIpc) is 3.39. The van der Waals surface area contributed by atoms with Gasteiger partial charge in [0.15, 0.2) is 0 Å². The minimum absolute atomic E-state index is 0.172. The highest BCUT2D eigenvalue weighted by Gasteiger charge is 2.24. The van der Waals surface area contributed by atoms with Crippen LogP contribution >= 0.6 is 35.1 Å². The zero-order valence-corrected chi connectivity index (χ0v) is 23.3. The van der Waals surface area contributed by atoms with E-state index in [9.17, 15) is 24.3 Å². The van der Waals surface area contributed by atoms with Gasteiger partial charge in [-0.3, -0.25) is 14.9 Å². The van der Waals surface area contributed by atoms with Crippen molar-refractivity contribution in [3.63, 3.8) is 0 Å². The summed E-state index contributed by atoms with van der Waals surface area (Å²) >= 11 is 3.92. The first-order valence-corrected chi connectivity index (χ1v) is 14.4. The maximum Gasteiger partial charge on any atom is 0.336 e. The third kappa shape index (κ3) is 7.25. The van der Waals surface area contributed by atoms with Crippen molar-refractivity contribution in [2.24, 2.45) is 0 Å². The van der Waals surface area contributed by atoms with Gasteiger partial charge in [0.1, 0.15) is 5.25 Å². The Morgan fingerprint density at radius 3 is 2.27 bits per heavy atom. The number of aromatic carboxylic acids is 2. The molecule has 1 aromatic heterocycles. The molecular formula is C27H22N4O6S3. The van der Waals surface area contributed by atoms with E-state index in [2.05, 4.69) is 20.0 Å². The van der Waals surface area contributed by atoms with Crippen LogP contribution in [0.3, 0.4) is 0 Å². The lowest BCUT2D eigenvalue weighted by molar-refractivity contribution is -0.115. The predicted molar refractivity (Wildman–Crippen MR) is 155 cm³/mol. The molecule has 13 heteroatoms. The molecule has 0 spiro atoms. The SMILES string of the molecule is CCSc1nsc(NC(=O)C(Sc2ccc(NC(=O)c3ccc(C(=O)O)cc3C(=O)O)cc2)c2ccccc2)n1. The van der Waals surface area contributed by atoms with Crippen LogP contribution in [0.5, 0.6) is 0 Å². The van der Waals surface area contributed by atoms with E-state index in [0.29, 0.717) is 16.0 Å². The summed E-state index contributed by atoms with van der Waals surface area (Å²) in [5, 5.41) is 24.5. The minimum atomic E-state index is -1.42. The molecular weight excluding hydrogens is 573 g/mol. The molecule has 4 N–H and O–H groups in total. The quantitative estimate of drug-likeness (QED) is 0.157. The predicted octanol–water partition coefficient (Wildman–Crippen LogP) is 5.77. The number of anilines is 2. The van der Waals surface area contributed by atoms with Gasteiger partial charge >= 0.3 is 11.9 Å². The minimum Gasteiger partial charge on any atom is -0.478 e. The lowest BCUT2D eigenvalue weighted by atomic mass is 10.0. The molecule has 0 saturated heterocycles. The fraction of sp³-hybridized carbons (Fsp3) is 0.111. The number of rotatable bonds is 11. The summed E-state index contributed by atoms with van der Waals surface area (Å²) in [6, 6.07) is 19.3. The standard InChI is InChI=1S/C27H22N4O6S3/c1-2-38-27-30-26(40-31-27)29-23(33)21(15-6-4-3-5-7-15)39-18-11-9-17(10-12-18)28-22(32)19-13-8-16(24(34)35)14-20(19)25(36)37/h3-14,21H,2H2,1H3,(H,28,32)(H,34,35)(H,36,37)(H,29,30,31,33). The van der Waals surface area contributed by atoms with Crippen molar-refractivity contribution in [2.45, 2.75) is 22.2 Å². The largest absolute Gasteiger partial charge is 0.478 e. The highest BCUT2D eigenvalue weighted by atomic mass is 32.2. The van der Waals surface area contributed by atoms with Crippen LogP contribution in [0.2, 0.25) is 0 Å². The highest BCUT2D eigenvalue weighted by Crippen LogP contribution is 2.37. The van der Waals surface area contributed by atoms with Crippen LogP contribution in [-0.4, -0.2) is 49.1 Å². The molecule has 0 radical (unpaired) electrons. The molecule has 204 valence electrons. The number of nitrogens with one attached hydrogen (secondary N) is 2. The molecule has 1 atom stereocenters. The number of carboxylic acid groups (broad SMARTS) is 2. The first-order valence-electron chi connectivity index (χ1n) is 11.8. The van der Waals surface area contributed by atoms with Crippen molar-refractivity contribution in [3.8, 4) is 0 Å². The summed E-state index contributed by atoms with van der Waals surface area (Å²) in [6.07, 6.45) is 0. The summed E-state index contributed by atoms with van der Waals surface area (Å²) in [6.45, 7) is 1.99. The lowest BCUT2D eigenvalue weighted by Gasteiger charge is -2.16. The molecule has 0 bridgehead atoms. The Morgan fingerprint density at radius 2 is 1.62 bits per heavy atom. The average molecular weight is 595 g/mol. The van der Waals surface area contributed by atoms with Gasteiger partial charge in [-0.25, -0.2) is 9.59 Å². The second-order valence-corrected chi connectivity index (χ2v) is 11.2. The van der Waals surface area contributed by atoms with Crippen LogP contribution in [-0.2, 0) is 4.79 Å². The molecule has 0 aliphatic heterocycles. The van der Waals surface area contributed by atoms with E-state index in [1.807, 2.05) is 37.3 Å². The van der Waals surface area contributed by atoms with Crippen LogP contribution in [0.1, 0.15) is 48.8 Å². The summed E-state index contributed by atoms with van der Waals surface area (Å²) in [5.74, 6) is -2.86. The van der Waals surface area contributed by atoms with E-state index in [1.165, 1.54) is 29.6 Å². The van der Waals surface area contributed by atoms with Gasteiger partial charge in [0.25, 0.3) is 5.91 Å². The molecule has 1 heterocycles. The van der Waals surface area contributed by atoms with E-state index >= 15 is 0 Å². The normalized spacial score (nSPS) is 11.4. The number of benzene rings is 3. The van der Waals surface area contributed by atoms with Crippen LogP contribution in [0.25, 0.3) is 0 Å². The number of amides is 2. The number of hydrogen-bond acceptors (Lipinski definition) is 9. The summed E-state index contributed by atoms with van der Waals surface area (Å²) in [7, 11) is 0. The second-order valence-electron chi connectivity index (χ2n) is 8.06. The smallest absolute Gasteiger partial charge is 0.336 e. The van der Waals surface area contributed by atoms with Gasteiger partial charge < -0.3 is 15.5 Å². The van der Waals surface area contributed by atoms with Crippen LogP contribution in [0, 0.1) is 0 Å². The van der Waals surface area contributed by atoms with Gasteiger partial charge in [-0.1, -0.05) is 49.0 Å². The van der Waals surface area contributed by atoms with Crippen molar-refractivity contribution in [3.05, 3.63) is 95.1 Å². The van der Waals surface area contributed by atoms with Crippen LogP contribution < -0.4 is 10.6 Å². The molecule has 0 aliphatic rings. The van der Waals surface area contributed by atoms with Gasteiger partial charge in [0.2, 0.25) is 16.2 Å². The van der Waals surface area contributed by atoms with E-state index in [-0.39, 0.29) is 17.0 Å². The van der Waals surface area contributed by atoms with Gasteiger partial charge in [-0.05, 0) is 53.8 Å². The third-order valence-electron chi connectivity index (χ3n) is 5.36. The zero-order valence-electron chi connectivity index (χ0n) is 20.9. The van der Waals surface area contributed by atoms with Crippen molar-refractivity contribution < 1.29 is 29.4 Å². The number of carbonyl (C=O) groups excluding carboxylic acids is 2. The maximum absolute atomic E-state index is 13.3. The molecule has 10 nitrogen and oxygen atoms in total. The number of hydrogen-bond donors (Lipinski definition) is 4. The highest BCUT2D eigenvalue weighted by molar-refractivity contribution is 8.00. The number of carbonyl (C=O) groups is 4. The topological polar surface area (TPSA) is 159 Å². The van der Waals surface area contributed by atoms with E-state index < -0.39 is 28.7 Å². The molecule has 4 rings (SSSR count). The number of carboxylic acids is 2. The lowest BCUT2D eigenvalue weighted by Crippen LogP contribution is -2.19. The third-order valence-corrected chi connectivity index (χ3v) is 8.10. The Balaban J connectivity index is 1.49. The molecule has 0 aliphatic carbocycles. The monoisotopic (exact) mass is 594 g/mol. The Bertz CT molecular complexity index is 1540. The molecule has 3 aromatic carbocycles. The van der Waals surface area contributed by atoms with Crippen molar-refractivity contribution in [1.82, 2.24) is 9.36 Å². The number of thioether (sulfide) groups is 2. The van der Waals surface area contributed by atoms with Crippen LogP contribution in [0.15, 0.2) is 82.8 Å². The molecule has 0 saturated carbocycles. The Labute approximate surface area is 241 Å². The fourth-order valence-electron chi connectivity index (χ4n) is 3.52. The van der Waals surface area contributed by atoms with Crippen LogP contribution in [0.4, 0.5) is 10.8 Å². The van der Waals surface area contributed by atoms with E-state index in [0.717, 1.165) is 39.9 Å². The number of nitrogens with zero attached hydrogens (tertiary/aromatic N) is 2. The van der Waals surface area contributed by atoms with Crippen molar-refractivity contribution in [1.29, 1.82) is 0 Å². The van der Waals surface area contributed by atoms with Gasteiger partial charge in [0, 0.05) is 22.1 Å². The van der Waals surface area contributed by atoms with Crippen molar-refractivity contribution >= 4 is 69.6 Å². The molecule has 0 fully saturated rings. The second kappa shape index (κ2) is 13.2. The zero-order chi connectivity index (χ0) is 28.6. The first-order chi connectivity index (χ1) is 19.2. The summed E-state index contributed by atoms with van der Waals surface area (Å²) in [4.78, 5) is 53.9. The number of aromatic nitrogens is 2. The molecule has 1 unspecified atom stereocenters. The van der Waals surface area contributed by atoms with Gasteiger partial charge in [-0.2, -0.15) is 9.36 Å². The van der Waals surface area contributed by atoms with Gasteiger partial charge in [0.05, 0.1) is 16.7 Å². The van der Waals surface area contributed by atoms with Gasteiger partial charge in [-0.15, -0.1) is 11.8 Å². The Hall–Kier alpha value is -4.20.